The zero-order chi connectivity index (χ0) is 32.2. The number of nitrogens with zero attached hydrogens (tertiary/aromatic N) is 1. The van der Waals surface area contributed by atoms with Gasteiger partial charge in [0.2, 0.25) is 0 Å². The monoisotopic (exact) mass is 611 g/mol. The van der Waals surface area contributed by atoms with E-state index in [9.17, 15) is 0 Å². The molecule has 0 fully saturated rings. The van der Waals surface area contributed by atoms with Crippen molar-refractivity contribution in [1.82, 2.24) is 4.57 Å². The van der Waals surface area contributed by atoms with E-state index in [1.165, 1.54) is 76.4 Å². The van der Waals surface area contributed by atoms with E-state index in [1.54, 1.807) is 0 Å². The highest BCUT2D eigenvalue weighted by Gasteiger charge is 2.17. The summed E-state index contributed by atoms with van der Waals surface area (Å²) in [5.41, 5.74) is 10.7. The number of hydrogen-bond acceptors (Lipinski definition) is 0. The predicted octanol–water partition coefficient (Wildman–Crippen LogP) is 13.2. The van der Waals surface area contributed by atoms with Crippen LogP contribution in [0.2, 0.25) is 0 Å². The lowest BCUT2D eigenvalue weighted by molar-refractivity contribution is 1.19. The fraction of sp³-hybridized carbons (Fsp3) is 0.0213. The van der Waals surface area contributed by atoms with Gasteiger partial charge in [-0.15, -0.1) is 0 Å². The highest BCUT2D eigenvalue weighted by Crippen LogP contribution is 2.40. The predicted molar refractivity (Wildman–Crippen MR) is 208 cm³/mol. The van der Waals surface area contributed by atoms with Crippen LogP contribution < -0.4 is 0 Å². The number of rotatable bonds is 5. The molecule has 0 atom stereocenters. The Balaban J connectivity index is 1.25. The highest BCUT2D eigenvalue weighted by atomic mass is 15.0. The van der Waals surface area contributed by atoms with Crippen molar-refractivity contribution >= 4 is 59.7 Å². The molecule has 1 heterocycles. The van der Waals surface area contributed by atoms with E-state index in [4.69, 9.17) is 0 Å². The molecule has 0 saturated heterocycles. The minimum atomic E-state index is 1.02. The number of aromatic nitrogens is 1. The Hall–Kier alpha value is -6.18. The molecule has 1 nitrogen and oxygen atoms in total. The van der Waals surface area contributed by atoms with Gasteiger partial charge in [0, 0.05) is 21.8 Å². The van der Waals surface area contributed by atoms with Gasteiger partial charge in [-0.2, -0.15) is 0 Å². The van der Waals surface area contributed by atoms with Gasteiger partial charge in [0.25, 0.3) is 0 Å². The normalized spacial score (nSPS) is 11.9. The third-order valence-corrected chi connectivity index (χ3v) is 9.77. The van der Waals surface area contributed by atoms with E-state index in [2.05, 4.69) is 175 Å². The fourth-order valence-corrected chi connectivity index (χ4v) is 7.43. The second kappa shape index (κ2) is 11.3. The lowest BCUT2D eigenvalue weighted by Gasteiger charge is -2.12. The van der Waals surface area contributed by atoms with E-state index < -0.39 is 0 Å². The van der Waals surface area contributed by atoms with Crippen LogP contribution in [-0.4, -0.2) is 4.57 Å². The van der Waals surface area contributed by atoms with Crippen molar-refractivity contribution in [1.29, 1.82) is 0 Å². The zero-order valence-corrected chi connectivity index (χ0v) is 26.8. The molecular formula is C47H33N. The van der Waals surface area contributed by atoms with Crippen molar-refractivity contribution in [3.8, 4) is 27.9 Å². The lowest BCUT2D eigenvalue weighted by Crippen LogP contribution is -1.94. The van der Waals surface area contributed by atoms with Crippen LogP contribution in [0.15, 0.2) is 176 Å². The number of hydrogen-bond donors (Lipinski definition) is 0. The third kappa shape index (κ3) is 4.55. The van der Waals surface area contributed by atoms with Crippen LogP contribution >= 0.6 is 0 Å². The molecule has 0 unspecified atom stereocenters. The molecule has 1 aromatic heterocycles. The Morgan fingerprint density at radius 1 is 0.500 bits per heavy atom. The smallest absolute Gasteiger partial charge is 0.0619 e. The third-order valence-electron chi connectivity index (χ3n) is 9.77. The first-order chi connectivity index (χ1) is 23.7. The van der Waals surface area contributed by atoms with Crippen molar-refractivity contribution in [2.45, 2.75) is 6.92 Å². The molecule has 226 valence electrons. The summed E-state index contributed by atoms with van der Waals surface area (Å²) in [6.45, 7) is 6.29. The number of fused-ring (bicyclic) bond motifs is 7. The quantitative estimate of drug-likeness (QED) is 0.171. The molecule has 0 aliphatic rings. The van der Waals surface area contributed by atoms with Gasteiger partial charge in [0.1, 0.15) is 0 Å². The minimum Gasteiger partial charge on any atom is -0.309 e. The molecule has 0 aliphatic heterocycles. The summed E-state index contributed by atoms with van der Waals surface area (Å²) in [6.07, 6.45) is 4.10. The number of allylic oxidation sites excluding steroid dienone is 3. The van der Waals surface area contributed by atoms with Crippen LogP contribution in [0.3, 0.4) is 0 Å². The first-order valence-corrected chi connectivity index (χ1v) is 16.6. The standard InChI is InChI=1S/C47H33N/c1-3-10-31(2)34-19-17-32-18-20-35(28-39(32)27-34)36-21-25-44-45-26-23-38-29-37(42-16-9-12-33-11-7-8-15-41(33)42)22-24-43(38)47(45)48(46(44)30-36)40-13-5-4-6-14-40/h3-30H,2H2,1H3/b10-3-. The molecule has 0 bridgehead atoms. The lowest BCUT2D eigenvalue weighted by atomic mass is 9.95. The summed E-state index contributed by atoms with van der Waals surface area (Å²) < 4.78 is 2.45. The maximum atomic E-state index is 4.26. The van der Waals surface area contributed by atoms with Crippen molar-refractivity contribution in [3.63, 3.8) is 0 Å². The molecule has 8 aromatic carbocycles. The molecule has 0 spiro atoms. The average Bonchev–Trinajstić information content (AvgIpc) is 3.48. The summed E-state index contributed by atoms with van der Waals surface area (Å²) in [6, 6.07) is 57.9. The van der Waals surface area contributed by atoms with Crippen LogP contribution in [0.25, 0.3) is 87.6 Å². The molecule has 9 aromatic rings. The van der Waals surface area contributed by atoms with E-state index in [1.807, 2.05) is 13.0 Å². The number of para-hydroxylation sites is 1. The van der Waals surface area contributed by atoms with E-state index >= 15 is 0 Å². The highest BCUT2D eigenvalue weighted by molar-refractivity contribution is 6.19. The Morgan fingerprint density at radius 2 is 1.19 bits per heavy atom. The van der Waals surface area contributed by atoms with E-state index in [0.29, 0.717) is 0 Å². The average molecular weight is 612 g/mol. The first kappa shape index (κ1) is 28.1. The molecule has 0 saturated carbocycles. The van der Waals surface area contributed by atoms with Crippen LogP contribution in [-0.2, 0) is 0 Å². The molecule has 0 aliphatic carbocycles. The van der Waals surface area contributed by atoms with Crippen LogP contribution in [0, 0.1) is 0 Å². The SMILES string of the molecule is C=C(/C=C\C)c1ccc2ccc(-c3ccc4c5ccc6cc(-c7cccc8ccccc78)ccc6c5n(-c5ccccc5)c4c3)cc2c1. The molecular weight excluding hydrogens is 579 g/mol. The maximum Gasteiger partial charge on any atom is 0.0619 e. The number of benzene rings is 8. The summed E-state index contributed by atoms with van der Waals surface area (Å²) in [7, 11) is 0. The largest absolute Gasteiger partial charge is 0.309 e. The Labute approximate surface area is 280 Å². The molecule has 0 radical (unpaired) electrons. The Morgan fingerprint density at radius 3 is 2.08 bits per heavy atom. The minimum absolute atomic E-state index is 1.02. The van der Waals surface area contributed by atoms with Gasteiger partial charge in [-0.1, -0.05) is 140 Å². The van der Waals surface area contributed by atoms with Gasteiger partial charge in [0.15, 0.2) is 0 Å². The summed E-state index contributed by atoms with van der Waals surface area (Å²) in [5, 5.41) is 9.97. The van der Waals surface area contributed by atoms with E-state index in [-0.39, 0.29) is 0 Å². The summed E-state index contributed by atoms with van der Waals surface area (Å²) in [5.74, 6) is 0. The molecule has 0 amide bonds. The Bertz CT molecular complexity index is 2730. The van der Waals surface area contributed by atoms with Gasteiger partial charge >= 0.3 is 0 Å². The summed E-state index contributed by atoms with van der Waals surface area (Å²) in [4.78, 5) is 0. The summed E-state index contributed by atoms with van der Waals surface area (Å²) >= 11 is 0. The zero-order valence-electron chi connectivity index (χ0n) is 26.8. The van der Waals surface area contributed by atoms with Gasteiger partial charge in [-0.05, 0) is 104 Å². The molecule has 0 N–H and O–H groups in total. The van der Waals surface area contributed by atoms with Crippen molar-refractivity contribution < 1.29 is 0 Å². The topological polar surface area (TPSA) is 4.93 Å². The van der Waals surface area contributed by atoms with Crippen LogP contribution in [0.1, 0.15) is 12.5 Å². The van der Waals surface area contributed by atoms with E-state index in [0.717, 1.165) is 16.8 Å². The van der Waals surface area contributed by atoms with Gasteiger partial charge < -0.3 is 4.57 Å². The molecule has 48 heavy (non-hydrogen) atoms. The molecule has 9 rings (SSSR count). The van der Waals surface area contributed by atoms with Crippen molar-refractivity contribution in [3.05, 3.63) is 182 Å². The van der Waals surface area contributed by atoms with Crippen LogP contribution in [0.5, 0.6) is 0 Å². The maximum absolute atomic E-state index is 4.26. The van der Waals surface area contributed by atoms with Crippen molar-refractivity contribution in [2.75, 3.05) is 0 Å². The van der Waals surface area contributed by atoms with Gasteiger partial charge in [-0.25, -0.2) is 0 Å². The second-order valence-corrected chi connectivity index (χ2v) is 12.6. The van der Waals surface area contributed by atoms with Gasteiger partial charge in [-0.3, -0.25) is 0 Å². The second-order valence-electron chi connectivity index (χ2n) is 12.6. The fourth-order valence-electron chi connectivity index (χ4n) is 7.43. The van der Waals surface area contributed by atoms with Gasteiger partial charge in [0.05, 0.1) is 11.0 Å². The first-order valence-electron chi connectivity index (χ1n) is 16.6. The molecule has 1 heteroatoms. The van der Waals surface area contributed by atoms with Crippen molar-refractivity contribution in [2.24, 2.45) is 0 Å². The Kier molecular flexibility index (Phi) is 6.59. The van der Waals surface area contributed by atoms with Crippen LogP contribution in [0.4, 0.5) is 0 Å².